The van der Waals surface area contributed by atoms with Crippen molar-refractivity contribution in [2.45, 2.75) is 131 Å². The molecule has 8 unspecified atom stereocenters. The molecule has 4 N–H and O–H groups in total. The normalized spacial score (nSPS) is 20.2. The Hall–Kier alpha value is -1.67. The van der Waals surface area contributed by atoms with Gasteiger partial charge in [-0.3, -0.25) is 4.79 Å². The Balaban J connectivity index is 0.00000486. The molecule has 2 rings (SSSR count). The van der Waals surface area contributed by atoms with Gasteiger partial charge in [-0.1, -0.05) is 120 Å². The summed E-state index contributed by atoms with van der Waals surface area (Å²) >= 11 is 12.4. The summed E-state index contributed by atoms with van der Waals surface area (Å²) < 4.78 is 6.22. The summed E-state index contributed by atoms with van der Waals surface area (Å²) in [5.41, 5.74) is 2.44. The maximum atomic E-state index is 10.7. The Labute approximate surface area is 290 Å². The van der Waals surface area contributed by atoms with E-state index in [2.05, 4.69) is 77.2 Å². The van der Waals surface area contributed by atoms with Gasteiger partial charge < -0.3 is 25.4 Å². The molecule has 0 aliphatic carbocycles. The molecule has 264 valence electrons. The highest BCUT2D eigenvalue weighted by molar-refractivity contribution is 6.42. The van der Waals surface area contributed by atoms with Crippen LogP contribution in [0.2, 0.25) is 10.0 Å². The number of aliphatic hydroxyl groups is 2. The molecule has 1 saturated heterocycles. The fourth-order valence-corrected chi connectivity index (χ4v) is 5.91. The molecule has 46 heavy (non-hydrogen) atoms. The lowest BCUT2D eigenvalue weighted by molar-refractivity contribution is -0.139. The van der Waals surface area contributed by atoms with Crippen LogP contribution in [0.1, 0.15) is 106 Å². The smallest absolute Gasteiger partial charge is 0.305 e. The third-order valence-corrected chi connectivity index (χ3v) is 8.90. The van der Waals surface area contributed by atoms with Crippen molar-refractivity contribution < 1.29 is 24.9 Å². The van der Waals surface area contributed by atoms with E-state index in [9.17, 15) is 9.90 Å². The molecule has 1 fully saturated rings. The van der Waals surface area contributed by atoms with E-state index in [1.807, 2.05) is 32.0 Å². The standard InChI is InChI=1S/C35H53Cl2NO4.C2H6.CH4O/c1-7-10-27(6)34-35(42-34)33(38-22-28-16-18-30(36)31(37)20-28)26(5)14-9-13-25(4)19-24(3)12-8-11-23(2)15-17-29(39)21-32(40)41;2*1-2/h8-9,12-14,16,18,20,23-24,26-27,29,33-35,38-39H,7,10-11,15,17,19,21-22H2,1-6H3,(H,40,41);1-2H3;2H,1H3/b12-8+,14-9+,25-13+;;. The van der Waals surface area contributed by atoms with E-state index in [-0.39, 0.29) is 24.5 Å². The van der Waals surface area contributed by atoms with Crippen LogP contribution in [0.15, 0.2) is 54.2 Å². The maximum absolute atomic E-state index is 10.7. The number of hydrogen-bond donors (Lipinski definition) is 4. The summed E-state index contributed by atoms with van der Waals surface area (Å²) in [6, 6.07) is 5.98. The lowest BCUT2D eigenvalue weighted by Crippen LogP contribution is -2.40. The second-order valence-electron chi connectivity index (χ2n) is 12.5. The summed E-state index contributed by atoms with van der Waals surface area (Å²) in [5, 5.41) is 30.4. The molecule has 0 radical (unpaired) electrons. The number of carboxylic acid groups (broad SMARTS) is 1. The Bertz CT molecular complexity index is 1060. The lowest BCUT2D eigenvalue weighted by Gasteiger charge is -2.22. The van der Waals surface area contributed by atoms with E-state index in [0.717, 1.165) is 31.9 Å². The second-order valence-corrected chi connectivity index (χ2v) is 13.3. The van der Waals surface area contributed by atoms with Gasteiger partial charge in [-0.05, 0) is 80.4 Å². The molecule has 1 aromatic carbocycles. The third kappa shape index (κ3) is 18.6. The number of carbonyl (C=O) groups is 1. The molecular weight excluding hydrogens is 621 g/mol. The van der Waals surface area contributed by atoms with Crippen molar-refractivity contribution in [3.63, 3.8) is 0 Å². The minimum absolute atomic E-state index is 0.179. The van der Waals surface area contributed by atoms with Crippen LogP contribution in [0.4, 0.5) is 0 Å². The quantitative estimate of drug-likeness (QED) is 0.0620. The van der Waals surface area contributed by atoms with E-state index >= 15 is 0 Å². The monoisotopic (exact) mass is 683 g/mol. The number of epoxide rings is 1. The summed E-state index contributed by atoms with van der Waals surface area (Å²) in [5.74, 6) is 0.729. The van der Waals surface area contributed by atoms with Crippen LogP contribution in [-0.4, -0.2) is 52.8 Å². The predicted molar refractivity (Wildman–Crippen MR) is 196 cm³/mol. The first kappa shape index (κ1) is 44.3. The highest BCUT2D eigenvalue weighted by Gasteiger charge is 2.48. The maximum Gasteiger partial charge on any atom is 0.305 e. The van der Waals surface area contributed by atoms with E-state index in [1.165, 1.54) is 18.4 Å². The number of aliphatic carboxylic acids is 1. The van der Waals surface area contributed by atoms with E-state index in [4.69, 9.17) is 38.2 Å². The van der Waals surface area contributed by atoms with Gasteiger partial charge in [-0.15, -0.1) is 0 Å². The molecule has 0 aromatic heterocycles. The SMILES string of the molecule is CC.CCCC(C)C1OC1C(NCc1ccc(Cl)c(Cl)c1)C(C)/C=C/C=C(\C)CC(C)/C=C/CC(C)CCC(O)CC(=O)O.CO. The van der Waals surface area contributed by atoms with Crippen molar-refractivity contribution in [1.82, 2.24) is 5.32 Å². The number of ether oxygens (including phenoxy) is 1. The number of benzene rings is 1. The fraction of sp³-hybridized carbons (Fsp3) is 0.658. The molecular formula is C38H63Cl2NO5. The van der Waals surface area contributed by atoms with Crippen molar-refractivity contribution >= 4 is 29.2 Å². The third-order valence-electron chi connectivity index (χ3n) is 8.16. The predicted octanol–water partition coefficient (Wildman–Crippen LogP) is 9.65. The zero-order chi connectivity index (χ0) is 35.2. The molecule has 1 aliphatic heterocycles. The molecule has 0 bridgehead atoms. The van der Waals surface area contributed by atoms with Crippen LogP contribution >= 0.6 is 23.2 Å². The molecule has 0 spiro atoms. The van der Waals surface area contributed by atoms with Crippen LogP contribution in [0.5, 0.6) is 0 Å². The highest BCUT2D eigenvalue weighted by atomic mass is 35.5. The summed E-state index contributed by atoms with van der Waals surface area (Å²) in [6.07, 6.45) is 16.3. The van der Waals surface area contributed by atoms with Crippen LogP contribution in [0, 0.1) is 23.7 Å². The number of allylic oxidation sites excluding steroid dienone is 5. The van der Waals surface area contributed by atoms with Gasteiger partial charge in [0.1, 0.15) is 6.10 Å². The van der Waals surface area contributed by atoms with Gasteiger partial charge in [0.05, 0.1) is 28.7 Å². The number of halogens is 2. The topological polar surface area (TPSA) is 102 Å². The molecule has 1 heterocycles. The Kier molecular flexibility index (Phi) is 24.4. The first-order valence-corrected chi connectivity index (χ1v) is 17.8. The van der Waals surface area contributed by atoms with Crippen LogP contribution < -0.4 is 5.32 Å². The Morgan fingerprint density at radius 1 is 1.00 bits per heavy atom. The molecule has 8 atom stereocenters. The Morgan fingerprint density at radius 2 is 1.67 bits per heavy atom. The largest absolute Gasteiger partial charge is 0.481 e. The summed E-state index contributed by atoms with van der Waals surface area (Å²) in [7, 11) is 1.00. The molecule has 1 aromatic rings. The number of rotatable bonds is 20. The molecule has 1 aliphatic rings. The van der Waals surface area contributed by atoms with Crippen molar-refractivity contribution in [3.05, 3.63) is 69.8 Å². The molecule has 0 saturated carbocycles. The number of hydrogen-bond acceptors (Lipinski definition) is 5. The van der Waals surface area contributed by atoms with Gasteiger partial charge in [0.15, 0.2) is 0 Å². The van der Waals surface area contributed by atoms with Crippen LogP contribution in [0.25, 0.3) is 0 Å². The minimum atomic E-state index is -0.949. The average molecular weight is 685 g/mol. The van der Waals surface area contributed by atoms with E-state index in [0.29, 0.717) is 46.9 Å². The van der Waals surface area contributed by atoms with Gasteiger partial charge in [0, 0.05) is 19.7 Å². The Morgan fingerprint density at radius 3 is 2.28 bits per heavy atom. The van der Waals surface area contributed by atoms with Gasteiger partial charge in [-0.2, -0.15) is 0 Å². The zero-order valence-electron chi connectivity index (χ0n) is 29.8. The lowest BCUT2D eigenvalue weighted by atomic mass is 9.91. The minimum Gasteiger partial charge on any atom is -0.481 e. The summed E-state index contributed by atoms with van der Waals surface area (Å²) in [6.45, 7) is 18.0. The first-order chi connectivity index (χ1) is 21.9. The van der Waals surface area contributed by atoms with Gasteiger partial charge in [0.2, 0.25) is 0 Å². The van der Waals surface area contributed by atoms with Crippen molar-refractivity contribution in [2.75, 3.05) is 7.11 Å². The van der Waals surface area contributed by atoms with Crippen molar-refractivity contribution in [3.8, 4) is 0 Å². The van der Waals surface area contributed by atoms with E-state index < -0.39 is 12.1 Å². The molecule has 0 amide bonds. The summed E-state index contributed by atoms with van der Waals surface area (Å²) in [4.78, 5) is 10.7. The van der Waals surface area contributed by atoms with Crippen LogP contribution in [-0.2, 0) is 16.1 Å². The van der Waals surface area contributed by atoms with Gasteiger partial charge in [0.25, 0.3) is 0 Å². The van der Waals surface area contributed by atoms with Gasteiger partial charge in [-0.25, -0.2) is 0 Å². The molecule has 8 heteroatoms. The number of nitrogens with one attached hydrogen (secondary N) is 1. The molecule has 6 nitrogen and oxygen atoms in total. The van der Waals surface area contributed by atoms with E-state index in [1.54, 1.807) is 0 Å². The first-order valence-electron chi connectivity index (χ1n) is 17.1. The second kappa shape index (κ2) is 25.4. The van der Waals surface area contributed by atoms with Gasteiger partial charge >= 0.3 is 5.97 Å². The van der Waals surface area contributed by atoms with Crippen molar-refractivity contribution in [2.24, 2.45) is 23.7 Å². The van der Waals surface area contributed by atoms with Crippen LogP contribution in [0.3, 0.4) is 0 Å². The fourth-order valence-electron chi connectivity index (χ4n) is 5.59. The van der Waals surface area contributed by atoms with Crippen molar-refractivity contribution in [1.29, 1.82) is 0 Å². The average Bonchev–Trinajstić information content (AvgIpc) is 3.80. The highest BCUT2D eigenvalue weighted by Crippen LogP contribution is 2.37. The number of aliphatic hydroxyl groups excluding tert-OH is 2. The number of carboxylic acids is 1. The zero-order valence-corrected chi connectivity index (χ0v) is 31.3.